The highest BCUT2D eigenvalue weighted by Gasteiger charge is 2.26. The van der Waals surface area contributed by atoms with Gasteiger partial charge in [-0.2, -0.15) is 0 Å². The van der Waals surface area contributed by atoms with Gasteiger partial charge in [-0.15, -0.1) is 0 Å². The number of carbonyl (C=O) groups excluding carboxylic acids is 1. The molecule has 0 spiro atoms. The van der Waals surface area contributed by atoms with E-state index in [1.807, 2.05) is 42.3 Å². The lowest BCUT2D eigenvalue weighted by atomic mass is 10.0. The average molecular weight is 366 g/mol. The molecule has 0 saturated carbocycles. The molecule has 1 aromatic carbocycles. The van der Waals surface area contributed by atoms with Crippen LogP contribution < -0.4 is 10.1 Å². The molecule has 2 aliphatic heterocycles. The maximum absolute atomic E-state index is 13.0. The Morgan fingerprint density at radius 1 is 1.33 bits per heavy atom. The van der Waals surface area contributed by atoms with Gasteiger partial charge in [-0.05, 0) is 38.4 Å². The molecule has 0 aliphatic carbocycles. The summed E-state index contributed by atoms with van der Waals surface area (Å²) in [4.78, 5) is 24.3. The standard InChI is InChI=1S/C21H26N4O2/c1-2-27-19-9-4-3-7-16(19)21(26)25-12-10-17-15(14-25)13-23-20(24-17)18-8-5-6-11-22-18/h3-4,7,9,13,18,22H,2,5-6,8,10-12,14H2,1H3/t18-/m1/s1. The summed E-state index contributed by atoms with van der Waals surface area (Å²) in [6, 6.07) is 7.71. The fourth-order valence-corrected chi connectivity index (χ4v) is 3.84. The van der Waals surface area contributed by atoms with Crippen LogP contribution in [-0.2, 0) is 13.0 Å². The molecule has 6 heteroatoms. The predicted molar refractivity (Wildman–Crippen MR) is 103 cm³/mol. The monoisotopic (exact) mass is 366 g/mol. The Morgan fingerprint density at radius 3 is 3.04 bits per heavy atom. The molecule has 2 aliphatic rings. The maximum Gasteiger partial charge on any atom is 0.257 e. The van der Waals surface area contributed by atoms with Crippen molar-refractivity contribution in [1.29, 1.82) is 0 Å². The van der Waals surface area contributed by atoms with Crippen LogP contribution in [0.2, 0.25) is 0 Å². The molecule has 6 nitrogen and oxygen atoms in total. The Balaban J connectivity index is 1.51. The molecule has 2 aromatic rings. The van der Waals surface area contributed by atoms with Gasteiger partial charge in [0.25, 0.3) is 5.91 Å². The number of carbonyl (C=O) groups is 1. The van der Waals surface area contributed by atoms with Crippen molar-refractivity contribution in [3.05, 3.63) is 53.1 Å². The number of para-hydroxylation sites is 1. The maximum atomic E-state index is 13.0. The summed E-state index contributed by atoms with van der Waals surface area (Å²) in [5, 5.41) is 3.51. The molecule has 142 valence electrons. The Morgan fingerprint density at radius 2 is 2.22 bits per heavy atom. The van der Waals surface area contributed by atoms with E-state index in [1.54, 1.807) is 0 Å². The van der Waals surface area contributed by atoms with E-state index in [9.17, 15) is 4.79 Å². The minimum Gasteiger partial charge on any atom is -0.493 e. The van der Waals surface area contributed by atoms with Crippen LogP contribution in [0.25, 0.3) is 0 Å². The van der Waals surface area contributed by atoms with Crippen LogP contribution in [0.15, 0.2) is 30.5 Å². The van der Waals surface area contributed by atoms with Gasteiger partial charge in [0.1, 0.15) is 11.6 Å². The molecule has 1 amide bonds. The third-order valence-electron chi connectivity index (χ3n) is 5.28. The second kappa shape index (κ2) is 8.05. The zero-order valence-corrected chi connectivity index (χ0v) is 15.8. The second-order valence-electron chi connectivity index (χ2n) is 7.11. The molecule has 3 heterocycles. The third kappa shape index (κ3) is 3.81. The molecular weight excluding hydrogens is 340 g/mol. The number of nitrogens with one attached hydrogen (secondary N) is 1. The van der Waals surface area contributed by atoms with Gasteiger partial charge in [0.15, 0.2) is 0 Å². The Hall–Kier alpha value is -2.47. The highest BCUT2D eigenvalue weighted by molar-refractivity contribution is 5.97. The van der Waals surface area contributed by atoms with Crippen LogP contribution in [0.4, 0.5) is 0 Å². The summed E-state index contributed by atoms with van der Waals surface area (Å²) < 4.78 is 5.62. The quantitative estimate of drug-likeness (QED) is 0.901. The van der Waals surface area contributed by atoms with Crippen molar-refractivity contribution in [1.82, 2.24) is 20.2 Å². The molecule has 1 saturated heterocycles. The number of rotatable bonds is 4. The summed E-state index contributed by atoms with van der Waals surface area (Å²) in [5.41, 5.74) is 2.74. The fraction of sp³-hybridized carbons (Fsp3) is 0.476. The smallest absolute Gasteiger partial charge is 0.257 e. The number of hydrogen-bond acceptors (Lipinski definition) is 5. The summed E-state index contributed by atoms with van der Waals surface area (Å²) in [5.74, 6) is 1.54. The first-order chi connectivity index (χ1) is 13.3. The predicted octanol–water partition coefficient (Wildman–Crippen LogP) is 2.89. The molecule has 0 bridgehead atoms. The van der Waals surface area contributed by atoms with Gasteiger partial charge >= 0.3 is 0 Å². The van der Waals surface area contributed by atoms with Gasteiger partial charge in [0.2, 0.25) is 0 Å². The number of aromatic nitrogens is 2. The molecule has 0 radical (unpaired) electrons. The molecule has 1 atom stereocenters. The number of benzene rings is 1. The summed E-state index contributed by atoms with van der Waals surface area (Å²) in [6.07, 6.45) is 6.21. The van der Waals surface area contributed by atoms with Gasteiger partial charge in [-0.25, -0.2) is 9.97 Å². The van der Waals surface area contributed by atoms with E-state index in [0.29, 0.717) is 31.0 Å². The van der Waals surface area contributed by atoms with E-state index in [-0.39, 0.29) is 11.9 Å². The minimum absolute atomic E-state index is 0.00252. The van der Waals surface area contributed by atoms with E-state index in [2.05, 4.69) is 10.3 Å². The van der Waals surface area contributed by atoms with Gasteiger partial charge < -0.3 is 15.0 Å². The summed E-state index contributed by atoms with van der Waals surface area (Å²) in [6.45, 7) is 4.72. The summed E-state index contributed by atoms with van der Waals surface area (Å²) >= 11 is 0. The third-order valence-corrected chi connectivity index (χ3v) is 5.28. The van der Waals surface area contributed by atoms with Gasteiger partial charge in [-0.3, -0.25) is 4.79 Å². The normalized spacial score (nSPS) is 19.4. The number of fused-ring (bicyclic) bond motifs is 1. The SMILES string of the molecule is CCOc1ccccc1C(=O)N1CCc2nc([C@H]3CCCCN3)ncc2C1. The van der Waals surface area contributed by atoms with Crippen molar-refractivity contribution in [2.45, 2.75) is 45.2 Å². The Bertz CT molecular complexity index is 818. The van der Waals surface area contributed by atoms with Crippen LogP contribution in [0.1, 0.15) is 59.7 Å². The number of ether oxygens (including phenoxy) is 1. The van der Waals surface area contributed by atoms with E-state index < -0.39 is 0 Å². The number of amides is 1. The molecule has 1 fully saturated rings. The van der Waals surface area contributed by atoms with E-state index in [1.165, 1.54) is 12.8 Å². The lowest BCUT2D eigenvalue weighted by Gasteiger charge is -2.29. The van der Waals surface area contributed by atoms with E-state index in [4.69, 9.17) is 9.72 Å². The first-order valence-corrected chi connectivity index (χ1v) is 9.85. The van der Waals surface area contributed by atoms with Crippen LogP contribution in [0, 0.1) is 0 Å². The van der Waals surface area contributed by atoms with E-state index >= 15 is 0 Å². The second-order valence-corrected chi connectivity index (χ2v) is 7.11. The number of piperidine rings is 1. The molecule has 1 aromatic heterocycles. The van der Waals surface area contributed by atoms with Gasteiger partial charge in [0, 0.05) is 31.3 Å². The molecule has 0 unspecified atom stereocenters. The average Bonchev–Trinajstić information content (AvgIpc) is 2.74. The minimum atomic E-state index is 0.00252. The first kappa shape index (κ1) is 17.9. The van der Waals surface area contributed by atoms with Crippen molar-refractivity contribution in [2.75, 3.05) is 19.7 Å². The zero-order chi connectivity index (χ0) is 18.6. The van der Waals surface area contributed by atoms with Crippen molar-refractivity contribution in [2.24, 2.45) is 0 Å². The number of hydrogen-bond donors (Lipinski definition) is 1. The van der Waals surface area contributed by atoms with Crippen molar-refractivity contribution in [3.63, 3.8) is 0 Å². The van der Waals surface area contributed by atoms with Crippen molar-refractivity contribution < 1.29 is 9.53 Å². The lowest BCUT2D eigenvalue weighted by molar-refractivity contribution is 0.0729. The topological polar surface area (TPSA) is 67.3 Å². The lowest BCUT2D eigenvalue weighted by Crippen LogP contribution is -2.37. The van der Waals surface area contributed by atoms with Gasteiger partial charge in [0.05, 0.1) is 23.9 Å². The largest absolute Gasteiger partial charge is 0.493 e. The highest BCUT2D eigenvalue weighted by atomic mass is 16.5. The molecule has 1 N–H and O–H groups in total. The van der Waals surface area contributed by atoms with E-state index in [0.717, 1.165) is 36.5 Å². The van der Waals surface area contributed by atoms with Crippen LogP contribution in [-0.4, -0.2) is 40.5 Å². The van der Waals surface area contributed by atoms with Crippen molar-refractivity contribution >= 4 is 5.91 Å². The Kier molecular flexibility index (Phi) is 5.34. The molecular formula is C21H26N4O2. The molecule has 27 heavy (non-hydrogen) atoms. The zero-order valence-electron chi connectivity index (χ0n) is 15.8. The van der Waals surface area contributed by atoms with Crippen LogP contribution in [0.5, 0.6) is 5.75 Å². The fourth-order valence-electron chi connectivity index (χ4n) is 3.84. The van der Waals surface area contributed by atoms with Crippen molar-refractivity contribution in [3.8, 4) is 5.75 Å². The summed E-state index contributed by atoms with van der Waals surface area (Å²) in [7, 11) is 0. The molecule has 4 rings (SSSR count). The number of nitrogens with zero attached hydrogens (tertiary/aromatic N) is 3. The Labute approximate surface area is 160 Å². The first-order valence-electron chi connectivity index (χ1n) is 9.85. The van der Waals surface area contributed by atoms with Crippen LogP contribution >= 0.6 is 0 Å². The van der Waals surface area contributed by atoms with Gasteiger partial charge in [-0.1, -0.05) is 18.6 Å². The highest BCUT2D eigenvalue weighted by Crippen LogP contribution is 2.26. The van der Waals surface area contributed by atoms with Crippen LogP contribution in [0.3, 0.4) is 0 Å².